The highest BCUT2D eigenvalue weighted by atomic mass is 16.4. The van der Waals surface area contributed by atoms with E-state index in [1.54, 1.807) is 0 Å². The third-order valence-electron chi connectivity index (χ3n) is 3.49. The summed E-state index contributed by atoms with van der Waals surface area (Å²) in [6, 6.07) is 0. The number of hydrogen-bond donors (Lipinski definition) is 2. The Morgan fingerprint density at radius 3 is 1.46 bits per heavy atom. The van der Waals surface area contributed by atoms with Gasteiger partial charge in [-0.05, 0) is 31.1 Å². The van der Waals surface area contributed by atoms with Crippen LogP contribution in [0.1, 0.15) is 19.3 Å². The van der Waals surface area contributed by atoms with Crippen molar-refractivity contribution in [2.45, 2.75) is 19.3 Å². The predicted molar refractivity (Wildman–Crippen MR) is 43.1 cm³/mol. The highest BCUT2D eigenvalue weighted by Crippen LogP contribution is 2.51. The lowest BCUT2D eigenvalue weighted by molar-refractivity contribution is -0.148. The molecule has 4 heteroatoms. The van der Waals surface area contributed by atoms with Crippen LogP contribution in [0.3, 0.4) is 0 Å². The molecule has 72 valence electrons. The minimum absolute atomic E-state index is 0.114. The van der Waals surface area contributed by atoms with Crippen molar-refractivity contribution >= 4 is 11.9 Å². The van der Waals surface area contributed by atoms with Crippen molar-refractivity contribution in [3.05, 3.63) is 0 Å². The van der Waals surface area contributed by atoms with Crippen molar-refractivity contribution in [1.29, 1.82) is 0 Å². The summed E-state index contributed by atoms with van der Waals surface area (Å²) in [7, 11) is 0. The van der Waals surface area contributed by atoms with Gasteiger partial charge in [-0.15, -0.1) is 0 Å². The number of carboxylic acid groups (broad SMARTS) is 2. The van der Waals surface area contributed by atoms with Crippen LogP contribution in [-0.4, -0.2) is 22.2 Å². The molecule has 2 saturated carbocycles. The number of carbonyl (C=O) groups is 2. The first-order valence-corrected chi connectivity index (χ1v) is 4.55. The Morgan fingerprint density at radius 2 is 1.23 bits per heavy atom. The van der Waals surface area contributed by atoms with Gasteiger partial charge in [0.25, 0.3) is 0 Å². The lowest BCUT2D eigenvalue weighted by atomic mass is 9.82. The Labute approximate surface area is 75.6 Å². The molecule has 4 nitrogen and oxygen atoms in total. The van der Waals surface area contributed by atoms with E-state index in [-0.39, 0.29) is 23.7 Å². The molecular weight excluding hydrogens is 172 g/mol. The zero-order valence-electron chi connectivity index (χ0n) is 7.14. The summed E-state index contributed by atoms with van der Waals surface area (Å²) in [5, 5.41) is 17.6. The van der Waals surface area contributed by atoms with E-state index in [0.29, 0.717) is 12.8 Å². The van der Waals surface area contributed by atoms with Crippen molar-refractivity contribution in [2.24, 2.45) is 23.7 Å². The maximum Gasteiger partial charge on any atom is 0.306 e. The van der Waals surface area contributed by atoms with Crippen molar-refractivity contribution in [2.75, 3.05) is 0 Å². The van der Waals surface area contributed by atoms with E-state index in [9.17, 15) is 9.59 Å². The van der Waals surface area contributed by atoms with Gasteiger partial charge in [0, 0.05) is 0 Å². The number of fused-ring (bicyclic) bond motifs is 2. The van der Waals surface area contributed by atoms with E-state index in [1.807, 2.05) is 0 Å². The molecule has 0 aromatic heterocycles. The first kappa shape index (κ1) is 8.53. The highest BCUT2D eigenvalue weighted by Gasteiger charge is 2.50. The Hall–Kier alpha value is -1.06. The van der Waals surface area contributed by atoms with E-state index in [4.69, 9.17) is 10.2 Å². The highest BCUT2D eigenvalue weighted by molar-refractivity contribution is 5.74. The molecule has 2 N–H and O–H groups in total. The fourth-order valence-electron chi connectivity index (χ4n) is 2.88. The minimum atomic E-state index is -0.753. The molecule has 2 rings (SSSR count). The first-order valence-electron chi connectivity index (χ1n) is 4.55. The number of hydrogen-bond acceptors (Lipinski definition) is 2. The Balaban J connectivity index is 2.07. The molecule has 0 heterocycles. The first-order chi connectivity index (χ1) is 6.09. The molecule has 1 unspecified atom stereocenters. The monoisotopic (exact) mass is 184 g/mol. The normalized spacial score (nSPS) is 42.2. The molecule has 0 radical (unpaired) electrons. The van der Waals surface area contributed by atoms with E-state index in [0.717, 1.165) is 6.42 Å². The number of carboxylic acids is 2. The van der Waals surface area contributed by atoms with Crippen LogP contribution < -0.4 is 0 Å². The third kappa shape index (κ3) is 1.20. The van der Waals surface area contributed by atoms with Crippen molar-refractivity contribution in [3.8, 4) is 0 Å². The molecule has 0 saturated heterocycles. The average molecular weight is 184 g/mol. The van der Waals surface area contributed by atoms with Gasteiger partial charge < -0.3 is 10.2 Å². The summed E-state index contributed by atoms with van der Waals surface area (Å²) in [6.07, 6.45) is 1.93. The second kappa shape index (κ2) is 2.72. The third-order valence-corrected chi connectivity index (χ3v) is 3.49. The molecule has 0 aromatic rings. The van der Waals surface area contributed by atoms with Gasteiger partial charge in [0.05, 0.1) is 11.8 Å². The van der Waals surface area contributed by atoms with Gasteiger partial charge in [0.1, 0.15) is 0 Å². The number of aliphatic carboxylic acids is 2. The smallest absolute Gasteiger partial charge is 0.306 e. The van der Waals surface area contributed by atoms with Crippen LogP contribution in [0.4, 0.5) is 0 Å². The topological polar surface area (TPSA) is 74.6 Å². The molecule has 2 aliphatic carbocycles. The molecule has 2 bridgehead atoms. The second-order valence-corrected chi connectivity index (χ2v) is 4.12. The summed E-state index contributed by atoms with van der Waals surface area (Å²) in [4.78, 5) is 21.4. The van der Waals surface area contributed by atoms with Crippen LogP contribution in [0.15, 0.2) is 0 Å². The van der Waals surface area contributed by atoms with Crippen LogP contribution in [-0.2, 0) is 9.59 Å². The standard InChI is InChI=1S/C9H12O4/c10-8(11)6-2-4-1-5(6)3-7(4)9(12)13/h4-7H,1-3H2,(H,10,11)(H,12,13)/t4-,5?,6+,7+/m1/s1. The average Bonchev–Trinajstić information content (AvgIpc) is 2.60. The predicted octanol–water partition coefficient (Wildman–Crippen LogP) is 0.818. The van der Waals surface area contributed by atoms with Gasteiger partial charge in [0.2, 0.25) is 0 Å². The van der Waals surface area contributed by atoms with Gasteiger partial charge in [-0.2, -0.15) is 0 Å². The molecular formula is C9H12O4. The van der Waals surface area contributed by atoms with Gasteiger partial charge in [-0.3, -0.25) is 9.59 Å². The molecule has 2 aliphatic rings. The summed E-state index contributed by atoms with van der Waals surface area (Å²) in [5.74, 6) is -1.83. The van der Waals surface area contributed by atoms with Crippen LogP contribution in [0.2, 0.25) is 0 Å². The van der Waals surface area contributed by atoms with Crippen molar-refractivity contribution in [3.63, 3.8) is 0 Å². The van der Waals surface area contributed by atoms with Gasteiger partial charge in [-0.1, -0.05) is 0 Å². The summed E-state index contributed by atoms with van der Waals surface area (Å²) in [5.41, 5.74) is 0. The van der Waals surface area contributed by atoms with Gasteiger partial charge >= 0.3 is 11.9 Å². The molecule has 0 aromatic carbocycles. The SMILES string of the molecule is O=C(O)[C@H]1C[C@H]2CC1C[C@@H]2C(=O)O. The molecule has 2 fully saturated rings. The second-order valence-electron chi connectivity index (χ2n) is 4.12. The zero-order valence-corrected chi connectivity index (χ0v) is 7.14. The zero-order chi connectivity index (χ0) is 9.59. The summed E-state index contributed by atoms with van der Waals surface area (Å²) < 4.78 is 0. The van der Waals surface area contributed by atoms with E-state index in [1.165, 1.54) is 0 Å². The molecule has 4 atom stereocenters. The fourth-order valence-corrected chi connectivity index (χ4v) is 2.88. The minimum Gasteiger partial charge on any atom is -0.481 e. The summed E-state index contributed by atoms with van der Waals surface area (Å²) in [6.45, 7) is 0. The Kier molecular flexibility index (Phi) is 1.78. The molecule has 13 heavy (non-hydrogen) atoms. The Bertz CT molecular complexity index is 234. The molecule has 0 aliphatic heterocycles. The van der Waals surface area contributed by atoms with Gasteiger partial charge in [-0.25, -0.2) is 0 Å². The van der Waals surface area contributed by atoms with Crippen molar-refractivity contribution < 1.29 is 19.8 Å². The quantitative estimate of drug-likeness (QED) is 0.666. The fraction of sp³-hybridized carbons (Fsp3) is 0.778. The lowest BCUT2D eigenvalue weighted by Gasteiger charge is -2.22. The molecule has 0 amide bonds. The Morgan fingerprint density at radius 1 is 0.846 bits per heavy atom. The van der Waals surface area contributed by atoms with Crippen LogP contribution in [0.25, 0.3) is 0 Å². The van der Waals surface area contributed by atoms with Crippen LogP contribution >= 0.6 is 0 Å². The van der Waals surface area contributed by atoms with E-state index < -0.39 is 11.9 Å². The summed E-state index contributed by atoms with van der Waals surface area (Å²) >= 11 is 0. The van der Waals surface area contributed by atoms with Crippen LogP contribution in [0.5, 0.6) is 0 Å². The number of rotatable bonds is 2. The van der Waals surface area contributed by atoms with Gasteiger partial charge in [0.15, 0.2) is 0 Å². The maximum absolute atomic E-state index is 10.7. The largest absolute Gasteiger partial charge is 0.481 e. The van der Waals surface area contributed by atoms with E-state index in [2.05, 4.69) is 0 Å². The van der Waals surface area contributed by atoms with E-state index >= 15 is 0 Å². The van der Waals surface area contributed by atoms with Crippen molar-refractivity contribution in [1.82, 2.24) is 0 Å². The van der Waals surface area contributed by atoms with Crippen LogP contribution in [0, 0.1) is 23.7 Å². The lowest BCUT2D eigenvalue weighted by Crippen LogP contribution is -2.28. The maximum atomic E-state index is 10.7. The molecule has 0 spiro atoms.